The van der Waals surface area contributed by atoms with Gasteiger partial charge in [0.1, 0.15) is 0 Å². The van der Waals surface area contributed by atoms with Gasteiger partial charge in [-0.25, -0.2) is 0 Å². The van der Waals surface area contributed by atoms with Crippen molar-refractivity contribution in [3.63, 3.8) is 0 Å². The van der Waals surface area contributed by atoms with Crippen molar-refractivity contribution in [3.8, 4) is 11.3 Å². The molecule has 3 heteroatoms. The lowest BCUT2D eigenvalue weighted by Gasteiger charge is -1.99. The molecule has 72 valence electrons. The third-order valence-electron chi connectivity index (χ3n) is 2.25. The molecule has 0 saturated carbocycles. The topological polar surface area (TPSA) is 30.7 Å². The average Bonchev–Trinajstić information content (AvgIpc) is 2.61. The van der Waals surface area contributed by atoms with Crippen LogP contribution in [0, 0.1) is 0 Å². The van der Waals surface area contributed by atoms with E-state index < -0.39 is 0 Å². The van der Waals surface area contributed by atoms with Crippen molar-refractivity contribution < 1.29 is 0 Å². The molecule has 2 aromatic rings. The Morgan fingerprint density at radius 3 is 2.86 bits per heavy atom. The summed E-state index contributed by atoms with van der Waals surface area (Å²) in [7, 11) is 1.96. The molecule has 3 nitrogen and oxygen atoms in total. The Hall–Kier alpha value is -1.64. The average molecular weight is 187 g/mol. The molecule has 2 heterocycles. The Morgan fingerprint density at radius 2 is 2.29 bits per heavy atom. The Labute approximate surface area is 83.4 Å². The molecule has 2 rings (SSSR count). The quantitative estimate of drug-likeness (QED) is 0.720. The van der Waals surface area contributed by atoms with E-state index in [-0.39, 0.29) is 0 Å². The number of aromatic nitrogens is 3. The van der Waals surface area contributed by atoms with E-state index in [0.717, 1.165) is 23.4 Å². The van der Waals surface area contributed by atoms with Gasteiger partial charge in [-0.1, -0.05) is 6.92 Å². The zero-order valence-electron chi connectivity index (χ0n) is 8.44. The molecular formula is C11H13N3. The van der Waals surface area contributed by atoms with Crippen LogP contribution >= 0.6 is 0 Å². The summed E-state index contributed by atoms with van der Waals surface area (Å²) in [6.07, 6.45) is 4.60. The van der Waals surface area contributed by atoms with E-state index in [9.17, 15) is 0 Å². The summed E-state index contributed by atoms with van der Waals surface area (Å²) in [5, 5.41) is 4.39. The van der Waals surface area contributed by atoms with E-state index >= 15 is 0 Å². The number of rotatable bonds is 2. The van der Waals surface area contributed by atoms with Crippen molar-refractivity contribution in [2.24, 2.45) is 7.05 Å². The normalized spacial score (nSPS) is 10.4. The molecule has 0 N–H and O–H groups in total. The minimum Gasteiger partial charge on any atom is -0.268 e. The predicted octanol–water partition coefficient (Wildman–Crippen LogP) is 2.04. The first-order valence-electron chi connectivity index (χ1n) is 4.74. The van der Waals surface area contributed by atoms with Gasteiger partial charge < -0.3 is 0 Å². The summed E-state index contributed by atoms with van der Waals surface area (Å²) in [5.74, 6) is 0. The van der Waals surface area contributed by atoms with E-state index in [4.69, 9.17) is 0 Å². The minimum atomic E-state index is 0.966. The molecule has 0 bridgehead atoms. The van der Waals surface area contributed by atoms with Crippen LogP contribution in [-0.2, 0) is 13.5 Å². The van der Waals surface area contributed by atoms with Crippen LogP contribution in [0.25, 0.3) is 11.3 Å². The number of pyridine rings is 1. The van der Waals surface area contributed by atoms with E-state index in [1.165, 1.54) is 0 Å². The molecular weight excluding hydrogens is 174 g/mol. The van der Waals surface area contributed by atoms with Crippen LogP contribution < -0.4 is 0 Å². The zero-order valence-corrected chi connectivity index (χ0v) is 8.44. The number of aryl methyl sites for hydroxylation is 2. The second-order valence-electron chi connectivity index (χ2n) is 3.24. The summed E-state index contributed by atoms with van der Waals surface area (Å²) < 4.78 is 1.90. The maximum atomic E-state index is 4.39. The fraction of sp³-hybridized carbons (Fsp3) is 0.273. The van der Waals surface area contributed by atoms with Gasteiger partial charge in [-0.3, -0.25) is 9.67 Å². The Morgan fingerprint density at radius 1 is 1.43 bits per heavy atom. The fourth-order valence-electron chi connectivity index (χ4n) is 1.48. The summed E-state index contributed by atoms with van der Waals surface area (Å²) in [4.78, 5) is 4.10. The summed E-state index contributed by atoms with van der Waals surface area (Å²) in [6, 6.07) is 6.09. The minimum absolute atomic E-state index is 0.966. The lowest BCUT2D eigenvalue weighted by Crippen LogP contribution is -1.94. The highest BCUT2D eigenvalue weighted by Gasteiger charge is 2.05. The first-order valence-corrected chi connectivity index (χ1v) is 4.74. The molecule has 0 fully saturated rings. The van der Waals surface area contributed by atoms with Crippen LogP contribution in [0.2, 0.25) is 0 Å². The first kappa shape index (κ1) is 8.94. The van der Waals surface area contributed by atoms with Crippen molar-refractivity contribution in [2.45, 2.75) is 13.3 Å². The molecule has 0 amide bonds. The first-order chi connectivity index (χ1) is 6.81. The standard InChI is InChI=1S/C11H13N3/c1-3-10-7-11(14(2)13-10)9-5-4-6-12-8-9/h4-8H,3H2,1-2H3. The summed E-state index contributed by atoms with van der Waals surface area (Å²) >= 11 is 0. The third kappa shape index (κ3) is 1.53. The maximum Gasteiger partial charge on any atom is 0.0697 e. The molecule has 0 unspecified atom stereocenters. The maximum absolute atomic E-state index is 4.39. The highest BCUT2D eigenvalue weighted by atomic mass is 15.3. The Bertz CT molecular complexity index is 417. The van der Waals surface area contributed by atoms with E-state index in [1.807, 2.05) is 30.1 Å². The molecule has 0 aromatic carbocycles. The molecule has 2 aromatic heterocycles. The third-order valence-corrected chi connectivity index (χ3v) is 2.25. The lowest BCUT2D eigenvalue weighted by molar-refractivity contribution is 0.752. The monoisotopic (exact) mass is 187 g/mol. The van der Waals surface area contributed by atoms with Gasteiger partial charge in [0.05, 0.1) is 11.4 Å². The van der Waals surface area contributed by atoms with E-state index in [0.29, 0.717) is 0 Å². The molecule has 0 atom stereocenters. The highest BCUT2D eigenvalue weighted by Crippen LogP contribution is 2.18. The van der Waals surface area contributed by atoms with Crippen LogP contribution in [0.1, 0.15) is 12.6 Å². The lowest BCUT2D eigenvalue weighted by atomic mass is 10.2. The molecule has 0 radical (unpaired) electrons. The Balaban J connectivity index is 2.46. The summed E-state index contributed by atoms with van der Waals surface area (Å²) in [6.45, 7) is 2.11. The van der Waals surface area contributed by atoms with Crippen molar-refractivity contribution in [2.75, 3.05) is 0 Å². The van der Waals surface area contributed by atoms with Crippen LogP contribution in [-0.4, -0.2) is 14.8 Å². The second-order valence-corrected chi connectivity index (χ2v) is 3.24. The number of nitrogens with zero attached hydrogens (tertiary/aromatic N) is 3. The van der Waals surface area contributed by atoms with Crippen LogP contribution in [0.4, 0.5) is 0 Å². The SMILES string of the molecule is CCc1cc(-c2cccnc2)n(C)n1. The van der Waals surface area contributed by atoms with Crippen molar-refractivity contribution in [1.82, 2.24) is 14.8 Å². The van der Waals surface area contributed by atoms with Gasteiger partial charge in [-0.05, 0) is 24.6 Å². The second kappa shape index (κ2) is 3.62. The Kier molecular flexibility index (Phi) is 2.31. The molecule has 14 heavy (non-hydrogen) atoms. The fourth-order valence-corrected chi connectivity index (χ4v) is 1.48. The molecule has 0 aliphatic rings. The van der Waals surface area contributed by atoms with Gasteiger partial charge in [0, 0.05) is 25.0 Å². The van der Waals surface area contributed by atoms with E-state index in [2.05, 4.69) is 23.1 Å². The van der Waals surface area contributed by atoms with Gasteiger partial charge in [0.25, 0.3) is 0 Å². The molecule has 0 spiro atoms. The molecule has 0 saturated heterocycles. The predicted molar refractivity (Wildman–Crippen MR) is 55.8 cm³/mol. The van der Waals surface area contributed by atoms with Crippen LogP contribution in [0.3, 0.4) is 0 Å². The number of hydrogen-bond donors (Lipinski definition) is 0. The van der Waals surface area contributed by atoms with Crippen molar-refractivity contribution in [1.29, 1.82) is 0 Å². The number of hydrogen-bond acceptors (Lipinski definition) is 2. The highest BCUT2D eigenvalue weighted by molar-refractivity contribution is 5.58. The summed E-state index contributed by atoms with van der Waals surface area (Å²) in [5.41, 5.74) is 3.35. The van der Waals surface area contributed by atoms with Gasteiger partial charge in [0.15, 0.2) is 0 Å². The van der Waals surface area contributed by atoms with Gasteiger partial charge >= 0.3 is 0 Å². The largest absolute Gasteiger partial charge is 0.268 e. The molecule has 0 aliphatic heterocycles. The van der Waals surface area contributed by atoms with E-state index in [1.54, 1.807) is 6.20 Å². The van der Waals surface area contributed by atoms with Crippen molar-refractivity contribution >= 4 is 0 Å². The zero-order chi connectivity index (χ0) is 9.97. The smallest absolute Gasteiger partial charge is 0.0697 e. The van der Waals surface area contributed by atoms with Crippen molar-refractivity contribution in [3.05, 3.63) is 36.3 Å². The van der Waals surface area contributed by atoms with Crippen LogP contribution in [0.15, 0.2) is 30.6 Å². The van der Waals surface area contributed by atoms with Crippen LogP contribution in [0.5, 0.6) is 0 Å². The molecule has 0 aliphatic carbocycles. The van der Waals surface area contributed by atoms with Gasteiger partial charge in [0.2, 0.25) is 0 Å². The van der Waals surface area contributed by atoms with Gasteiger partial charge in [-0.15, -0.1) is 0 Å². The van der Waals surface area contributed by atoms with Gasteiger partial charge in [-0.2, -0.15) is 5.10 Å².